The van der Waals surface area contributed by atoms with Crippen LogP contribution in [0.5, 0.6) is 0 Å². The van der Waals surface area contributed by atoms with E-state index in [1.54, 1.807) is 11.3 Å². The molecule has 1 saturated heterocycles. The molecule has 2 heterocycles. The van der Waals surface area contributed by atoms with Crippen LogP contribution >= 0.6 is 11.3 Å². The van der Waals surface area contributed by atoms with Gasteiger partial charge in [0.05, 0.1) is 0 Å². The molecule has 1 aliphatic rings. The molecule has 16 heavy (non-hydrogen) atoms. The van der Waals surface area contributed by atoms with Crippen LogP contribution in [-0.2, 0) is 0 Å². The lowest BCUT2D eigenvalue weighted by Crippen LogP contribution is -2.28. The fourth-order valence-electron chi connectivity index (χ4n) is 1.83. The van der Waals surface area contributed by atoms with Crippen LogP contribution in [0.15, 0.2) is 0 Å². The van der Waals surface area contributed by atoms with E-state index in [1.165, 1.54) is 13.0 Å². The molecule has 0 atom stereocenters. The highest BCUT2D eigenvalue weighted by atomic mass is 32.1. The molecule has 0 aromatic carbocycles. The van der Waals surface area contributed by atoms with Gasteiger partial charge in [-0.25, -0.2) is 0 Å². The Kier molecular flexibility index (Phi) is 3.76. The molecule has 4 nitrogen and oxygen atoms in total. The molecule has 0 radical (unpaired) electrons. The largest absolute Gasteiger partial charge is 0.345 e. The number of aromatic nitrogens is 2. The van der Waals surface area contributed by atoms with Crippen molar-refractivity contribution in [3.05, 3.63) is 5.01 Å². The van der Waals surface area contributed by atoms with Crippen LogP contribution in [0.25, 0.3) is 0 Å². The molecule has 1 aromatic heterocycles. The second-order valence-corrected chi connectivity index (χ2v) is 5.71. The summed E-state index contributed by atoms with van der Waals surface area (Å²) in [6.07, 6.45) is 1.22. The van der Waals surface area contributed by atoms with E-state index in [2.05, 4.69) is 40.9 Å². The minimum Gasteiger partial charge on any atom is -0.345 e. The smallest absolute Gasteiger partial charge is 0.208 e. The molecular formula is C11H20N4S. The quantitative estimate of drug-likeness (QED) is 0.789. The first-order chi connectivity index (χ1) is 7.66. The fraction of sp³-hybridized carbons (Fsp3) is 0.818. The van der Waals surface area contributed by atoms with Gasteiger partial charge in [-0.2, -0.15) is 0 Å². The predicted octanol–water partition coefficient (Wildman–Crippen LogP) is 1.80. The van der Waals surface area contributed by atoms with Gasteiger partial charge in [-0.15, -0.1) is 10.2 Å². The predicted molar refractivity (Wildman–Crippen MR) is 68.3 cm³/mol. The summed E-state index contributed by atoms with van der Waals surface area (Å²) < 4.78 is 0. The lowest BCUT2D eigenvalue weighted by atomic mass is 10.2. The minimum atomic E-state index is 0.487. The highest BCUT2D eigenvalue weighted by Crippen LogP contribution is 2.26. The van der Waals surface area contributed by atoms with Crippen molar-refractivity contribution in [2.45, 2.75) is 26.2 Å². The van der Waals surface area contributed by atoms with Gasteiger partial charge in [0.15, 0.2) is 0 Å². The molecule has 0 N–H and O–H groups in total. The minimum absolute atomic E-state index is 0.487. The van der Waals surface area contributed by atoms with Gasteiger partial charge in [0.2, 0.25) is 5.13 Å². The molecule has 5 heteroatoms. The van der Waals surface area contributed by atoms with Crippen LogP contribution in [0.1, 0.15) is 31.2 Å². The van der Waals surface area contributed by atoms with Crippen LogP contribution in [-0.4, -0.2) is 48.3 Å². The van der Waals surface area contributed by atoms with Gasteiger partial charge in [0.1, 0.15) is 5.01 Å². The summed E-state index contributed by atoms with van der Waals surface area (Å²) >= 11 is 1.74. The molecular weight excluding hydrogens is 220 g/mol. The standard InChI is InChI=1S/C11H20N4S/c1-9(2)10-12-13-11(16-10)15-6-4-5-14(3)7-8-15/h9H,4-8H2,1-3H3. The average molecular weight is 240 g/mol. The summed E-state index contributed by atoms with van der Waals surface area (Å²) in [5.74, 6) is 0.487. The summed E-state index contributed by atoms with van der Waals surface area (Å²) in [6.45, 7) is 8.82. The first-order valence-corrected chi connectivity index (χ1v) is 6.75. The van der Waals surface area contributed by atoms with Gasteiger partial charge in [-0.05, 0) is 20.0 Å². The molecule has 0 bridgehead atoms. The van der Waals surface area contributed by atoms with Gasteiger partial charge in [0, 0.05) is 25.6 Å². The summed E-state index contributed by atoms with van der Waals surface area (Å²) in [6, 6.07) is 0. The number of nitrogens with zero attached hydrogens (tertiary/aromatic N) is 4. The highest BCUT2D eigenvalue weighted by Gasteiger charge is 2.17. The third-order valence-electron chi connectivity index (χ3n) is 2.91. The van der Waals surface area contributed by atoms with Crippen LogP contribution < -0.4 is 4.90 Å². The number of likely N-dealkylation sites (N-methyl/N-ethyl adjacent to an activating group) is 1. The Hall–Kier alpha value is -0.680. The Morgan fingerprint density at radius 1 is 1.12 bits per heavy atom. The van der Waals surface area contributed by atoms with Crippen LogP contribution in [0.4, 0.5) is 5.13 Å². The summed E-state index contributed by atoms with van der Waals surface area (Å²) in [4.78, 5) is 4.75. The Balaban J connectivity index is 2.05. The second-order valence-electron chi connectivity index (χ2n) is 4.72. The van der Waals surface area contributed by atoms with E-state index in [9.17, 15) is 0 Å². The van der Waals surface area contributed by atoms with Gasteiger partial charge < -0.3 is 9.80 Å². The SMILES string of the molecule is CC(C)c1nnc(N2CCCN(C)CC2)s1. The first-order valence-electron chi connectivity index (χ1n) is 5.93. The molecule has 0 aliphatic carbocycles. The van der Waals surface area contributed by atoms with Crippen molar-refractivity contribution in [2.24, 2.45) is 0 Å². The van der Waals surface area contributed by atoms with Crippen molar-refractivity contribution in [3.8, 4) is 0 Å². The van der Waals surface area contributed by atoms with Crippen LogP contribution in [0.3, 0.4) is 0 Å². The Bertz CT molecular complexity index is 336. The van der Waals surface area contributed by atoms with Crippen molar-refractivity contribution in [3.63, 3.8) is 0 Å². The summed E-state index contributed by atoms with van der Waals surface area (Å²) in [7, 11) is 2.18. The fourth-order valence-corrected chi connectivity index (χ4v) is 2.72. The molecule has 0 unspecified atom stereocenters. The van der Waals surface area contributed by atoms with Crippen molar-refractivity contribution in [2.75, 3.05) is 38.1 Å². The van der Waals surface area contributed by atoms with E-state index >= 15 is 0 Å². The van der Waals surface area contributed by atoms with Crippen molar-refractivity contribution >= 4 is 16.5 Å². The zero-order chi connectivity index (χ0) is 11.5. The van der Waals surface area contributed by atoms with E-state index in [1.807, 2.05) is 0 Å². The van der Waals surface area contributed by atoms with E-state index in [0.717, 1.165) is 29.8 Å². The number of hydrogen-bond acceptors (Lipinski definition) is 5. The molecule has 1 fully saturated rings. The van der Waals surface area contributed by atoms with Crippen molar-refractivity contribution < 1.29 is 0 Å². The van der Waals surface area contributed by atoms with Gasteiger partial charge >= 0.3 is 0 Å². The maximum Gasteiger partial charge on any atom is 0.208 e. The van der Waals surface area contributed by atoms with Crippen LogP contribution in [0, 0.1) is 0 Å². The van der Waals surface area contributed by atoms with Crippen LogP contribution in [0.2, 0.25) is 0 Å². The van der Waals surface area contributed by atoms with E-state index in [0.29, 0.717) is 5.92 Å². The Morgan fingerprint density at radius 2 is 1.94 bits per heavy atom. The number of rotatable bonds is 2. The Morgan fingerprint density at radius 3 is 2.62 bits per heavy atom. The molecule has 0 spiro atoms. The monoisotopic (exact) mass is 240 g/mol. The molecule has 0 saturated carbocycles. The Labute approximate surface area is 101 Å². The summed E-state index contributed by atoms with van der Waals surface area (Å²) in [5.41, 5.74) is 0. The maximum atomic E-state index is 4.30. The maximum absolute atomic E-state index is 4.30. The van der Waals surface area contributed by atoms with Crippen molar-refractivity contribution in [1.29, 1.82) is 0 Å². The lowest BCUT2D eigenvalue weighted by Gasteiger charge is -2.18. The normalized spacial score (nSPS) is 19.1. The molecule has 2 rings (SSSR count). The second kappa shape index (κ2) is 5.10. The number of hydrogen-bond donors (Lipinski definition) is 0. The molecule has 0 amide bonds. The van der Waals surface area contributed by atoms with E-state index in [-0.39, 0.29) is 0 Å². The van der Waals surface area contributed by atoms with E-state index in [4.69, 9.17) is 0 Å². The summed E-state index contributed by atoms with van der Waals surface area (Å²) in [5, 5.41) is 10.8. The zero-order valence-corrected chi connectivity index (χ0v) is 11.1. The first kappa shape index (κ1) is 11.8. The molecule has 1 aliphatic heterocycles. The topological polar surface area (TPSA) is 32.3 Å². The van der Waals surface area contributed by atoms with Gasteiger partial charge in [0.25, 0.3) is 0 Å². The molecule has 1 aromatic rings. The van der Waals surface area contributed by atoms with Gasteiger partial charge in [-0.3, -0.25) is 0 Å². The highest BCUT2D eigenvalue weighted by molar-refractivity contribution is 7.15. The van der Waals surface area contributed by atoms with Crippen molar-refractivity contribution in [1.82, 2.24) is 15.1 Å². The third-order valence-corrected chi connectivity index (χ3v) is 4.20. The lowest BCUT2D eigenvalue weighted by molar-refractivity contribution is 0.360. The zero-order valence-electron chi connectivity index (χ0n) is 10.3. The van der Waals surface area contributed by atoms with Gasteiger partial charge in [-0.1, -0.05) is 25.2 Å². The number of anilines is 1. The van der Waals surface area contributed by atoms with E-state index < -0.39 is 0 Å². The average Bonchev–Trinajstić information content (AvgIpc) is 2.63. The third kappa shape index (κ3) is 2.71. The molecule has 90 valence electrons.